The molecule has 1 N–H and O–H groups in total. The number of phenolic OH excluding ortho intramolecular Hbond substituents is 1. The van der Waals surface area contributed by atoms with Crippen molar-refractivity contribution in [2.24, 2.45) is 7.05 Å². The van der Waals surface area contributed by atoms with E-state index in [-0.39, 0.29) is 11.6 Å². The number of hydrogen-bond acceptors (Lipinski definition) is 2. The molecule has 3 nitrogen and oxygen atoms in total. The molecule has 25 heavy (non-hydrogen) atoms. The van der Waals surface area contributed by atoms with Crippen molar-refractivity contribution in [1.82, 2.24) is 4.98 Å². The van der Waals surface area contributed by atoms with Crippen LogP contribution in [0.4, 0.5) is 4.39 Å². The van der Waals surface area contributed by atoms with Crippen molar-refractivity contribution in [2.45, 2.75) is 0 Å². The third kappa shape index (κ3) is 2.72. The lowest BCUT2D eigenvalue weighted by atomic mass is 10.1. The Hall–Kier alpha value is -3.27. The second-order valence-electron chi connectivity index (χ2n) is 5.93. The highest BCUT2D eigenvalue weighted by Gasteiger charge is 2.10. The summed E-state index contributed by atoms with van der Waals surface area (Å²) < 4.78 is 15.4. The molecular formula is C21H16FN2O+. The van der Waals surface area contributed by atoms with Gasteiger partial charge in [-0.15, -0.1) is 0 Å². The van der Waals surface area contributed by atoms with Crippen molar-refractivity contribution in [3.63, 3.8) is 0 Å². The smallest absolute Gasteiger partial charge is 0.212 e. The quantitative estimate of drug-likeness (QED) is 0.558. The third-order valence-electron chi connectivity index (χ3n) is 4.39. The van der Waals surface area contributed by atoms with Crippen molar-refractivity contribution in [3.05, 3.63) is 77.9 Å². The van der Waals surface area contributed by atoms with Crippen LogP contribution in [0, 0.1) is 5.82 Å². The molecule has 0 spiro atoms. The number of benzene rings is 2. The van der Waals surface area contributed by atoms with Gasteiger partial charge in [0, 0.05) is 35.2 Å². The predicted octanol–water partition coefficient (Wildman–Crippen LogP) is 4.23. The summed E-state index contributed by atoms with van der Waals surface area (Å²) in [5.74, 6) is -0.0649. The van der Waals surface area contributed by atoms with E-state index in [0.717, 1.165) is 27.5 Å². The normalized spacial score (nSPS) is 11.6. The van der Waals surface area contributed by atoms with Crippen LogP contribution in [-0.2, 0) is 7.05 Å². The predicted molar refractivity (Wildman–Crippen MR) is 97.4 cm³/mol. The second kappa shape index (κ2) is 5.98. The Morgan fingerprint density at radius 2 is 1.92 bits per heavy atom. The summed E-state index contributed by atoms with van der Waals surface area (Å²) in [6, 6.07) is 15.9. The Morgan fingerprint density at radius 1 is 1.04 bits per heavy atom. The Morgan fingerprint density at radius 3 is 2.80 bits per heavy atom. The van der Waals surface area contributed by atoms with Crippen molar-refractivity contribution in [3.8, 4) is 5.75 Å². The molecule has 0 unspecified atom stereocenters. The van der Waals surface area contributed by atoms with Gasteiger partial charge in [-0.2, -0.15) is 4.57 Å². The molecule has 0 aliphatic heterocycles. The van der Waals surface area contributed by atoms with Gasteiger partial charge in [0.2, 0.25) is 11.2 Å². The molecular weight excluding hydrogens is 315 g/mol. The van der Waals surface area contributed by atoms with Crippen LogP contribution >= 0.6 is 0 Å². The highest BCUT2D eigenvalue weighted by atomic mass is 19.1. The third-order valence-corrected chi connectivity index (χ3v) is 4.39. The minimum Gasteiger partial charge on any atom is -0.506 e. The molecule has 0 saturated carbocycles. The zero-order valence-corrected chi connectivity index (χ0v) is 13.6. The van der Waals surface area contributed by atoms with Crippen LogP contribution in [0.5, 0.6) is 5.75 Å². The van der Waals surface area contributed by atoms with E-state index in [2.05, 4.69) is 4.98 Å². The van der Waals surface area contributed by atoms with E-state index in [4.69, 9.17) is 0 Å². The van der Waals surface area contributed by atoms with E-state index in [1.54, 1.807) is 18.3 Å². The number of aromatic hydroxyl groups is 1. The fourth-order valence-corrected chi connectivity index (χ4v) is 3.06. The van der Waals surface area contributed by atoms with Gasteiger partial charge in [0.25, 0.3) is 0 Å². The molecule has 0 amide bonds. The summed E-state index contributed by atoms with van der Waals surface area (Å²) in [5, 5.41) is 11.7. The Balaban J connectivity index is 1.80. The van der Waals surface area contributed by atoms with E-state index in [1.165, 1.54) is 12.1 Å². The molecule has 0 fully saturated rings. The number of aromatic nitrogens is 2. The number of halogens is 1. The molecule has 4 aromatic rings. The number of fused-ring (bicyclic) bond motifs is 2. The molecule has 4 heteroatoms. The second-order valence-corrected chi connectivity index (χ2v) is 5.93. The summed E-state index contributed by atoms with van der Waals surface area (Å²) in [5.41, 5.74) is 3.51. The first-order valence-electron chi connectivity index (χ1n) is 7.96. The Bertz CT molecular complexity index is 1140. The van der Waals surface area contributed by atoms with Crippen molar-refractivity contribution < 1.29 is 14.1 Å². The monoisotopic (exact) mass is 331 g/mol. The van der Waals surface area contributed by atoms with Gasteiger partial charge < -0.3 is 5.11 Å². The molecule has 2 aromatic carbocycles. The number of aryl methyl sites for hydroxylation is 1. The fourth-order valence-electron chi connectivity index (χ4n) is 3.06. The summed E-state index contributed by atoms with van der Waals surface area (Å²) in [6.45, 7) is 0. The maximum Gasteiger partial charge on any atom is 0.212 e. The van der Waals surface area contributed by atoms with Crippen LogP contribution < -0.4 is 4.57 Å². The van der Waals surface area contributed by atoms with Crippen molar-refractivity contribution >= 4 is 34.0 Å². The molecule has 0 atom stereocenters. The lowest BCUT2D eigenvalue weighted by molar-refractivity contribution is -0.646. The number of nitrogens with zero attached hydrogens (tertiary/aromatic N) is 2. The van der Waals surface area contributed by atoms with E-state index in [1.807, 2.05) is 54.1 Å². The lowest BCUT2D eigenvalue weighted by Crippen LogP contribution is -2.32. The van der Waals surface area contributed by atoms with Crippen LogP contribution in [-0.4, -0.2) is 10.1 Å². The molecule has 0 saturated heterocycles. The summed E-state index contributed by atoms with van der Waals surface area (Å²) in [4.78, 5) is 4.24. The van der Waals surface area contributed by atoms with E-state index < -0.39 is 0 Å². The zero-order valence-electron chi connectivity index (χ0n) is 13.6. The minimum absolute atomic E-state index is 0.172. The minimum atomic E-state index is -0.237. The molecule has 2 aromatic heterocycles. The highest BCUT2D eigenvalue weighted by molar-refractivity contribution is 5.93. The average molecular weight is 331 g/mol. The van der Waals surface area contributed by atoms with Gasteiger partial charge in [0.05, 0.1) is 0 Å². The topological polar surface area (TPSA) is 37.0 Å². The van der Waals surface area contributed by atoms with Gasteiger partial charge in [0.15, 0.2) is 0 Å². The van der Waals surface area contributed by atoms with Gasteiger partial charge >= 0.3 is 0 Å². The number of rotatable bonds is 2. The first kappa shape index (κ1) is 15.3. The maximum atomic E-state index is 13.4. The van der Waals surface area contributed by atoms with Crippen LogP contribution in [0.3, 0.4) is 0 Å². The van der Waals surface area contributed by atoms with Crippen LogP contribution in [0.1, 0.15) is 11.3 Å². The largest absolute Gasteiger partial charge is 0.506 e. The molecule has 0 aliphatic carbocycles. The van der Waals surface area contributed by atoms with Crippen LogP contribution in [0.15, 0.2) is 60.8 Å². The molecule has 0 aliphatic rings. The number of pyridine rings is 2. The van der Waals surface area contributed by atoms with E-state index in [0.29, 0.717) is 5.52 Å². The maximum absolute atomic E-state index is 13.4. The Kier molecular flexibility index (Phi) is 3.65. The number of phenols is 1. The van der Waals surface area contributed by atoms with Crippen LogP contribution in [0.25, 0.3) is 34.0 Å². The van der Waals surface area contributed by atoms with Gasteiger partial charge in [-0.05, 0) is 42.0 Å². The molecule has 0 bridgehead atoms. The molecule has 4 rings (SSSR count). The van der Waals surface area contributed by atoms with E-state index >= 15 is 0 Å². The van der Waals surface area contributed by atoms with Crippen molar-refractivity contribution in [2.75, 3.05) is 0 Å². The molecule has 2 heterocycles. The highest BCUT2D eigenvalue weighted by Crippen LogP contribution is 2.26. The standard InChI is InChI=1S/C21H15FN2O/c1-24-17(9-5-15-13-16(22)7-10-19(15)24)8-4-14-6-11-20(25)21-18(14)3-2-12-23-21/h2-13H,1H3/p+1. The zero-order chi connectivity index (χ0) is 17.4. The van der Waals surface area contributed by atoms with Crippen LogP contribution in [0.2, 0.25) is 0 Å². The summed E-state index contributed by atoms with van der Waals surface area (Å²) in [7, 11) is 1.95. The molecule has 122 valence electrons. The van der Waals surface area contributed by atoms with E-state index in [9.17, 15) is 9.50 Å². The SMILES string of the molecule is C[n+]1c(C=Cc2ccc(O)c3ncccc23)ccc2cc(F)ccc21. The van der Waals surface area contributed by atoms with Crippen molar-refractivity contribution in [1.29, 1.82) is 0 Å². The summed E-state index contributed by atoms with van der Waals surface area (Å²) >= 11 is 0. The Labute approximate surface area is 144 Å². The molecule has 0 radical (unpaired) electrons. The summed E-state index contributed by atoms with van der Waals surface area (Å²) in [6.07, 6.45) is 5.66. The van der Waals surface area contributed by atoms with Gasteiger partial charge in [-0.3, -0.25) is 4.98 Å². The van der Waals surface area contributed by atoms with Gasteiger partial charge in [-0.25, -0.2) is 4.39 Å². The first-order chi connectivity index (χ1) is 12.1. The van der Waals surface area contributed by atoms with Gasteiger partial charge in [-0.1, -0.05) is 12.1 Å². The lowest BCUT2D eigenvalue weighted by Gasteiger charge is -2.04. The first-order valence-corrected chi connectivity index (χ1v) is 7.96. The fraction of sp³-hybridized carbons (Fsp3) is 0.0476. The number of hydrogen-bond donors (Lipinski definition) is 1. The average Bonchev–Trinajstić information content (AvgIpc) is 2.63. The van der Waals surface area contributed by atoms with Gasteiger partial charge in [0.1, 0.15) is 24.1 Å².